The number of benzene rings is 3. The van der Waals surface area contributed by atoms with Gasteiger partial charge in [-0.25, -0.2) is 4.98 Å². The van der Waals surface area contributed by atoms with Gasteiger partial charge in [-0.3, -0.25) is 9.59 Å². The van der Waals surface area contributed by atoms with E-state index in [2.05, 4.69) is 15.2 Å². The summed E-state index contributed by atoms with van der Waals surface area (Å²) < 4.78 is 1.65. The van der Waals surface area contributed by atoms with Gasteiger partial charge < -0.3 is 19.9 Å². The van der Waals surface area contributed by atoms with Crippen LogP contribution in [0, 0.1) is 0 Å². The standard InChI is InChI=1S/C31H32N4O3/c36-29(24-9-3-1-4-10-24)21-27-31(38)35(28-12-6-5-11-26(28)33-27)22-23-13-15-25(16-14-23)30(37)32-17-20-34-18-7-2-8-19-34/h1,3-6,9-16,21,36H,2,7-8,17-20,22H2,(H,32,37)/b29-21-. The quantitative estimate of drug-likeness (QED) is 0.337. The number of fused-ring (bicyclic) bond motifs is 1. The van der Waals surface area contributed by atoms with Gasteiger partial charge in [0.15, 0.2) is 0 Å². The third kappa shape index (κ3) is 6.01. The molecular formula is C31H32N4O3. The minimum atomic E-state index is -0.300. The van der Waals surface area contributed by atoms with Gasteiger partial charge in [-0.1, -0.05) is 61.0 Å². The zero-order valence-electron chi connectivity index (χ0n) is 21.3. The van der Waals surface area contributed by atoms with Crippen molar-refractivity contribution in [2.75, 3.05) is 26.2 Å². The number of nitrogens with one attached hydrogen (secondary N) is 1. The molecule has 3 aromatic carbocycles. The molecule has 2 N–H and O–H groups in total. The zero-order valence-corrected chi connectivity index (χ0v) is 21.3. The van der Waals surface area contributed by atoms with E-state index in [0.29, 0.717) is 35.2 Å². The van der Waals surface area contributed by atoms with E-state index in [4.69, 9.17) is 0 Å². The second kappa shape index (κ2) is 11.9. The van der Waals surface area contributed by atoms with Crippen LogP contribution in [0.4, 0.5) is 0 Å². The molecule has 1 aliphatic rings. The molecule has 1 aliphatic heterocycles. The van der Waals surface area contributed by atoms with Crippen molar-refractivity contribution >= 4 is 28.8 Å². The Balaban J connectivity index is 1.34. The number of nitrogens with zero attached hydrogens (tertiary/aromatic N) is 3. The maximum atomic E-state index is 13.5. The Hall–Kier alpha value is -4.23. The number of carbonyl (C=O) groups is 1. The van der Waals surface area contributed by atoms with Crippen LogP contribution < -0.4 is 10.9 Å². The Morgan fingerprint density at radius 2 is 1.61 bits per heavy atom. The van der Waals surface area contributed by atoms with Gasteiger partial charge in [0.25, 0.3) is 11.5 Å². The number of likely N-dealkylation sites (tertiary alicyclic amines) is 1. The molecule has 38 heavy (non-hydrogen) atoms. The molecule has 194 valence electrons. The van der Waals surface area contributed by atoms with Crippen molar-refractivity contribution in [3.8, 4) is 0 Å². The predicted molar refractivity (Wildman–Crippen MR) is 151 cm³/mol. The van der Waals surface area contributed by atoms with E-state index < -0.39 is 0 Å². The second-order valence-electron chi connectivity index (χ2n) is 9.63. The smallest absolute Gasteiger partial charge is 0.277 e. The van der Waals surface area contributed by atoms with Crippen molar-refractivity contribution in [3.05, 3.63) is 112 Å². The lowest BCUT2D eigenvalue weighted by atomic mass is 10.1. The first-order chi connectivity index (χ1) is 18.6. The number of aromatic nitrogens is 2. The van der Waals surface area contributed by atoms with Crippen LogP contribution in [0.1, 0.15) is 46.4 Å². The molecule has 7 heteroatoms. The Morgan fingerprint density at radius 3 is 2.37 bits per heavy atom. The molecule has 0 radical (unpaired) electrons. The van der Waals surface area contributed by atoms with Gasteiger partial charge in [-0.15, -0.1) is 0 Å². The summed E-state index contributed by atoms with van der Waals surface area (Å²) in [5, 5.41) is 13.6. The first-order valence-electron chi connectivity index (χ1n) is 13.1. The molecule has 0 spiro atoms. The Morgan fingerprint density at radius 1 is 0.895 bits per heavy atom. The van der Waals surface area contributed by atoms with Gasteiger partial charge in [0.2, 0.25) is 0 Å². The fourth-order valence-electron chi connectivity index (χ4n) is 4.84. The molecule has 5 rings (SSSR count). The molecule has 0 aliphatic carbocycles. The highest BCUT2D eigenvalue weighted by Crippen LogP contribution is 2.17. The third-order valence-corrected chi connectivity index (χ3v) is 6.94. The molecule has 4 aromatic rings. The lowest BCUT2D eigenvalue weighted by Gasteiger charge is -2.26. The number of aliphatic hydroxyl groups is 1. The largest absolute Gasteiger partial charge is 0.507 e. The van der Waals surface area contributed by atoms with Gasteiger partial charge >= 0.3 is 0 Å². The van der Waals surface area contributed by atoms with E-state index in [0.717, 1.165) is 25.2 Å². The van der Waals surface area contributed by atoms with Crippen molar-refractivity contribution in [2.45, 2.75) is 25.8 Å². The van der Waals surface area contributed by atoms with E-state index in [-0.39, 0.29) is 22.9 Å². The van der Waals surface area contributed by atoms with E-state index in [1.165, 1.54) is 25.3 Å². The average Bonchev–Trinajstić information content (AvgIpc) is 2.96. The minimum Gasteiger partial charge on any atom is -0.507 e. The monoisotopic (exact) mass is 508 g/mol. The zero-order chi connectivity index (χ0) is 26.3. The molecule has 1 fully saturated rings. The fourth-order valence-corrected chi connectivity index (χ4v) is 4.84. The number of carbonyl (C=O) groups excluding carboxylic acids is 1. The molecule has 0 saturated carbocycles. The molecule has 0 unspecified atom stereocenters. The number of piperidine rings is 1. The van der Waals surface area contributed by atoms with Gasteiger partial charge in [0.1, 0.15) is 11.5 Å². The van der Waals surface area contributed by atoms with Gasteiger partial charge in [0.05, 0.1) is 17.6 Å². The summed E-state index contributed by atoms with van der Waals surface area (Å²) in [6.45, 7) is 4.03. The molecule has 1 aromatic heterocycles. The molecule has 1 saturated heterocycles. The Bertz CT molecular complexity index is 1490. The number of amides is 1. The average molecular weight is 509 g/mol. The van der Waals surface area contributed by atoms with E-state index >= 15 is 0 Å². The third-order valence-electron chi connectivity index (χ3n) is 6.94. The number of hydrogen-bond donors (Lipinski definition) is 2. The lowest BCUT2D eigenvalue weighted by Crippen LogP contribution is -2.37. The summed E-state index contributed by atoms with van der Waals surface area (Å²) in [5.41, 5.74) is 3.31. The minimum absolute atomic E-state index is 0.0207. The summed E-state index contributed by atoms with van der Waals surface area (Å²) in [5.74, 6) is -0.114. The first-order valence-corrected chi connectivity index (χ1v) is 13.1. The van der Waals surface area contributed by atoms with Crippen molar-refractivity contribution in [3.63, 3.8) is 0 Å². The summed E-state index contributed by atoms with van der Waals surface area (Å²) >= 11 is 0. The van der Waals surface area contributed by atoms with Crippen LogP contribution in [0.15, 0.2) is 83.7 Å². The molecule has 2 heterocycles. The summed E-state index contributed by atoms with van der Waals surface area (Å²) in [7, 11) is 0. The Kier molecular flexibility index (Phi) is 7.95. The SMILES string of the molecule is O=C(NCCN1CCCCC1)c1ccc(Cn2c(=O)c(/C=C(\O)c3ccccc3)nc3ccccc32)cc1. The van der Waals surface area contributed by atoms with Crippen LogP contribution in [-0.2, 0) is 6.54 Å². The number of aliphatic hydroxyl groups excluding tert-OH is 1. The topological polar surface area (TPSA) is 87.5 Å². The van der Waals surface area contributed by atoms with Crippen molar-refractivity contribution in [1.82, 2.24) is 19.8 Å². The van der Waals surface area contributed by atoms with E-state index in [9.17, 15) is 14.7 Å². The van der Waals surface area contributed by atoms with Gasteiger partial charge in [0, 0.05) is 30.3 Å². The highest BCUT2D eigenvalue weighted by Gasteiger charge is 2.13. The maximum Gasteiger partial charge on any atom is 0.277 e. The van der Waals surface area contributed by atoms with E-state index in [1.54, 1.807) is 28.8 Å². The normalized spacial score (nSPS) is 14.5. The van der Waals surface area contributed by atoms with Crippen LogP contribution in [0.3, 0.4) is 0 Å². The molecular weight excluding hydrogens is 476 g/mol. The van der Waals surface area contributed by atoms with Gasteiger partial charge in [-0.2, -0.15) is 0 Å². The highest BCUT2D eigenvalue weighted by molar-refractivity contribution is 5.94. The second-order valence-corrected chi connectivity index (χ2v) is 9.63. The van der Waals surface area contributed by atoms with Crippen LogP contribution in [0.25, 0.3) is 22.9 Å². The fraction of sp³-hybridized carbons (Fsp3) is 0.258. The molecule has 0 bridgehead atoms. The number of rotatable bonds is 8. The number of hydrogen-bond acceptors (Lipinski definition) is 5. The van der Waals surface area contributed by atoms with Gasteiger partial charge in [-0.05, 0) is 55.8 Å². The number of para-hydroxylation sites is 2. The van der Waals surface area contributed by atoms with Crippen LogP contribution >= 0.6 is 0 Å². The first kappa shape index (κ1) is 25.4. The van der Waals surface area contributed by atoms with Crippen LogP contribution in [-0.4, -0.2) is 51.6 Å². The maximum absolute atomic E-state index is 13.5. The molecule has 7 nitrogen and oxygen atoms in total. The highest BCUT2D eigenvalue weighted by atomic mass is 16.3. The van der Waals surface area contributed by atoms with Crippen molar-refractivity contribution in [2.24, 2.45) is 0 Å². The Labute approximate surface area is 222 Å². The van der Waals surface area contributed by atoms with Crippen molar-refractivity contribution < 1.29 is 9.90 Å². The lowest BCUT2D eigenvalue weighted by molar-refractivity contribution is 0.0946. The van der Waals surface area contributed by atoms with Crippen molar-refractivity contribution in [1.29, 1.82) is 0 Å². The molecule has 0 atom stereocenters. The van der Waals surface area contributed by atoms with Crippen LogP contribution in [0.2, 0.25) is 0 Å². The summed E-state index contributed by atoms with van der Waals surface area (Å²) in [6, 6.07) is 23.8. The summed E-state index contributed by atoms with van der Waals surface area (Å²) in [4.78, 5) is 33.0. The van der Waals surface area contributed by atoms with Crippen LogP contribution in [0.5, 0.6) is 0 Å². The van der Waals surface area contributed by atoms with E-state index in [1.807, 2.05) is 54.6 Å². The summed E-state index contributed by atoms with van der Waals surface area (Å²) in [6.07, 6.45) is 5.18. The molecule has 1 amide bonds. The predicted octanol–water partition coefficient (Wildman–Crippen LogP) is 4.72.